The molecule has 1 fully saturated rings. The van der Waals surface area contributed by atoms with E-state index in [1.807, 2.05) is 6.07 Å². The second kappa shape index (κ2) is 5.98. The van der Waals surface area contributed by atoms with Crippen molar-refractivity contribution in [1.29, 1.82) is 5.26 Å². The third-order valence-electron chi connectivity index (χ3n) is 4.87. The van der Waals surface area contributed by atoms with E-state index < -0.39 is 5.54 Å². The smallest absolute Gasteiger partial charge is 0.319 e. The molecule has 2 amide bonds. The topological polar surface area (TPSA) is 74.1 Å². The number of para-hydroxylation sites is 1. The maximum atomic E-state index is 12.1. The quantitative estimate of drug-likeness (QED) is 0.805. The minimum atomic E-state index is -0.473. The van der Waals surface area contributed by atoms with Gasteiger partial charge in [-0.3, -0.25) is 0 Å². The van der Waals surface area contributed by atoms with E-state index in [1.54, 1.807) is 30.3 Å². The maximum Gasteiger partial charge on any atom is 0.319 e. The van der Waals surface area contributed by atoms with Crippen LogP contribution in [0.2, 0.25) is 5.02 Å². The Morgan fingerprint density at radius 1 is 1.12 bits per heavy atom. The lowest BCUT2D eigenvalue weighted by Gasteiger charge is -2.38. The van der Waals surface area contributed by atoms with E-state index in [9.17, 15) is 10.1 Å². The van der Waals surface area contributed by atoms with Gasteiger partial charge in [-0.1, -0.05) is 36.6 Å². The molecule has 1 saturated carbocycles. The summed E-state index contributed by atoms with van der Waals surface area (Å²) in [5.41, 5.74) is 1.45. The molecule has 2 aliphatic rings. The Labute approximate surface area is 150 Å². The molecular weight excluding hydrogens is 338 g/mol. The molecule has 1 aliphatic carbocycles. The monoisotopic (exact) mass is 353 g/mol. The van der Waals surface area contributed by atoms with E-state index in [1.165, 1.54) is 0 Å². The highest BCUT2D eigenvalue weighted by molar-refractivity contribution is 6.34. The van der Waals surface area contributed by atoms with Gasteiger partial charge in [0.1, 0.15) is 17.6 Å². The molecule has 1 heterocycles. The Kier molecular flexibility index (Phi) is 3.78. The summed E-state index contributed by atoms with van der Waals surface area (Å²) in [5, 5.41) is 15.7. The van der Waals surface area contributed by atoms with Crippen LogP contribution in [0.25, 0.3) is 0 Å². The number of nitriles is 1. The van der Waals surface area contributed by atoms with Crippen LogP contribution >= 0.6 is 11.6 Å². The maximum absolute atomic E-state index is 12.1. The van der Waals surface area contributed by atoms with Crippen LogP contribution < -0.4 is 15.4 Å². The predicted octanol–water partition coefficient (Wildman–Crippen LogP) is 4.91. The zero-order valence-corrected chi connectivity index (χ0v) is 14.2. The van der Waals surface area contributed by atoms with E-state index in [-0.39, 0.29) is 6.03 Å². The summed E-state index contributed by atoms with van der Waals surface area (Å²) in [4.78, 5) is 12.1. The molecule has 2 N–H and O–H groups in total. The number of urea groups is 1. The second-order valence-corrected chi connectivity index (χ2v) is 6.78. The number of ether oxygens (including phenoxy) is 1. The van der Waals surface area contributed by atoms with Crippen molar-refractivity contribution < 1.29 is 9.53 Å². The van der Waals surface area contributed by atoms with Gasteiger partial charge in [-0.15, -0.1) is 0 Å². The van der Waals surface area contributed by atoms with Gasteiger partial charge in [-0.25, -0.2) is 4.79 Å². The van der Waals surface area contributed by atoms with Gasteiger partial charge < -0.3 is 15.4 Å². The number of nitrogens with zero attached hydrogens (tertiary/aromatic N) is 1. The number of nitrogens with one attached hydrogen (secondary N) is 2. The van der Waals surface area contributed by atoms with Crippen molar-refractivity contribution in [2.75, 3.05) is 5.32 Å². The standard InChI is InChI=1S/C19H16ClN3O2/c20-13-7-8-15(25-14-6-2-1-5-12(14)11-21)16-17(13)22-18(24)23-19(16)9-3-4-10-19/h1-2,5-8H,3-4,9-10H2,(H2,22,23,24). The molecule has 0 saturated heterocycles. The molecule has 126 valence electrons. The first-order chi connectivity index (χ1) is 12.1. The van der Waals surface area contributed by atoms with E-state index in [4.69, 9.17) is 16.3 Å². The molecule has 0 unspecified atom stereocenters. The first kappa shape index (κ1) is 15.8. The molecule has 0 atom stereocenters. The fourth-order valence-corrected chi connectivity index (χ4v) is 3.99. The molecule has 6 heteroatoms. The molecule has 5 nitrogen and oxygen atoms in total. The average molecular weight is 354 g/mol. The number of hydrogen-bond acceptors (Lipinski definition) is 3. The van der Waals surface area contributed by atoms with Gasteiger partial charge in [0.2, 0.25) is 0 Å². The Hall–Kier alpha value is -2.71. The summed E-state index contributed by atoms with van der Waals surface area (Å²) in [6, 6.07) is 12.5. The SMILES string of the molecule is N#Cc1ccccc1Oc1ccc(Cl)c2c1C1(CCCC1)NC(=O)N2. The van der Waals surface area contributed by atoms with Crippen molar-refractivity contribution >= 4 is 23.3 Å². The average Bonchev–Trinajstić information content (AvgIpc) is 3.06. The number of benzene rings is 2. The van der Waals surface area contributed by atoms with Crippen LogP contribution in [0.1, 0.15) is 36.8 Å². The third kappa shape index (κ3) is 2.59. The zero-order valence-electron chi connectivity index (χ0n) is 13.4. The first-order valence-electron chi connectivity index (χ1n) is 8.22. The largest absolute Gasteiger partial charge is 0.456 e. The van der Waals surface area contributed by atoms with Crippen LogP contribution in [0.15, 0.2) is 36.4 Å². The fraction of sp³-hybridized carbons (Fsp3) is 0.263. The summed E-state index contributed by atoms with van der Waals surface area (Å²) in [7, 11) is 0. The van der Waals surface area contributed by atoms with Crippen molar-refractivity contribution in [2.45, 2.75) is 31.2 Å². The molecule has 25 heavy (non-hydrogen) atoms. The van der Waals surface area contributed by atoms with Crippen molar-refractivity contribution in [1.82, 2.24) is 5.32 Å². The summed E-state index contributed by atoms with van der Waals surface area (Å²) in [6.07, 6.45) is 3.73. The predicted molar refractivity (Wildman–Crippen MR) is 95.0 cm³/mol. The Balaban J connectivity index is 1.87. The summed E-state index contributed by atoms with van der Waals surface area (Å²) < 4.78 is 6.10. The molecule has 4 rings (SSSR count). The highest BCUT2D eigenvalue weighted by Gasteiger charge is 2.44. The van der Waals surface area contributed by atoms with E-state index in [0.29, 0.717) is 27.8 Å². The molecule has 2 aromatic rings. The lowest BCUT2D eigenvalue weighted by atomic mass is 9.84. The van der Waals surface area contributed by atoms with Gasteiger partial charge in [0, 0.05) is 5.56 Å². The minimum Gasteiger partial charge on any atom is -0.456 e. The highest BCUT2D eigenvalue weighted by Crippen LogP contribution is 2.50. The van der Waals surface area contributed by atoms with Crippen LogP contribution in [-0.2, 0) is 5.54 Å². The number of anilines is 1. The lowest BCUT2D eigenvalue weighted by Crippen LogP contribution is -2.50. The fourth-order valence-electron chi connectivity index (χ4n) is 3.79. The third-order valence-corrected chi connectivity index (χ3v) is 5.19. The molecule has 1 aliphatic heterocycles. The summed E-state index contributed by atoms with van der Waals surface area (Å²) in [5.74, 6) is 1.09. The summed E-state index contributed by atoms with van der Waals surface area (Å²) >= 11 is 6.35. The first-order valence-corrected chi connectivity index (χ1v) is 8.60. The van der Waals surface area contributed by atoms with Gasteiger partial charge in [-0.2, -0.15) is 5.26 Å². The van der Waals surface area contributed by atoms with Crippen molar-refractivity contribution in [3.05, 3.63) is 52.5 Å². The minimum absolute atomic E-state index is 0.245. The molecule has 1 spiro atoms. The number of carbonyl (C=O) groups is 1. The van der Waals surface area contributed by atoms with Crippen molar-refractivity contribution in [3.63, 3.8) is 0 Å². The summed E-state index contributed by atoms with van der Waals surface area (Å²) in [6.45, 7) is 0. The van der Waals surface area contributed by atoms with Crippen molar-refractivity contribution in [3.8, 4) is 17.6 Å². The number of fused-ring (bicyclic) bond motifs is 2. The molecule has 0 bridgehead atoms. The lowest BCUT2D eigenvalue weighted by molar-refractivity contribution is 0.232. The van der Waals surface area contributed by atoms with Crippen LogP contribution in [-0.4, -0.2) is 6.03 Å². The molecule has 0 radical (unpaired) electrons. The molecular formula is C19H16ClN3O2. The van der Waals surface area contributed by atoms with E-state index in [2.05, 4.69) is 16.7 Å². The van der Waals surface area contributed by atoms with E-state index in [0.717, 1.165) is 31.2 Å². The van der Waals surface area contributed by atoms with Gasteiger partial charge in [-0.05, 0) is 37.1 Å². The second-order valence-electron chi connectivity index (χ2n) is 6.37. The number of hydrogen-bond donors (Lipinski definition) is 2. The van der Waals surface area contributed by atoms with Gasteiger partial charge in [0.15, 0.2) is 0 Å². The molecule has 2 aromatic carbocycles. The van der Waals surface area contributed by atoms with Gasteiger partial charge in [0.25, 0.3) is 0 Å². The number of amides is 2. The number of rotatable bonds is 2. The van der Waals surface area contributed by atoms with Crippen molar-refractivity contribution in [2.24, 2.45) is 0 Å². The van der Waals surface area contributed by atoms with Crippen LogP contribution in [0, 0.1) is 11.3 Å². The van der Waals surface area contributed by atoms with Crippen LogP contribution in [0.4, 0.5) is 10.5 Å². The number of carbonyl (C=O) groups excluding carboxylic acids is 1. The number of halogens is 1. The van der Waals surface area contributed by atoms with E-state index >= 15 is 0 Å². The normalized spacial score (nSPS) is 17.4. The zero-order chi connectivity index (χ0) is 17.4. The van der Waals surface area contributed by atoms with Gasteiger partial charge in [0.05, 0.1) is 21.8 Å². The molecule has 0 aromatic heterocycles. The Morgan fingerprint density at radius 2 is 1.88 bits per heavy atom. The Morgan fingerprint density at radius 3 is 2.64 bits per heavy atom. The highest BCUT2D eigenvalue weighted by atomic mass is 35.5. The van der Waals surface area contributed by atoms with Gasteiger partial charge >= 0.3 is 6.03 Å². The van der Waals surface area contributed by atoms with Crippen LogP contribution in [0.3, 0.4) is 0 Å². The Bertz CT molecular complexity index is 898. The van der Waals surface area contributed by atoms with Crippen LogP contribution in [0.5, 0.6) is 11.5 Å².